The lowest BCUT2D eigenvalue weighted by atomic mass is 9.86. The van der Waals surface area contributed by atoms with Crippen LogP contribution in [0, 0.1) is 0 Å². The lowest BCUT2D eigenvalue weighted by Crippen LogP contribution is -3.00. The molecule has 0 aliphatic heterocycles. The van der Waals surface area contributed by atoms with Gasteiger partial charge in [-0.2, -0.15) is 0 Å². The van der Waals surface area contributed by atoms with Crippen LogP contribution in [0.25, 0.3) is 0 Å². The van der Waals surface area contributed by atoms with Gasteiger partial charge in [-0.15, -0.1) is 0 Å². The molecule has 1 unspecified atom stereocenters. The van der Waals surface area contributed by atoms with E-state index in [0.717, 1.165) is 16.3 Å². The van der Waals surface area contributed by atoms with Gasteiger partial charge in [0.15, 0.2) is 0 Å². The fourth-order valence-electron chi connectivity index (χ4n) is 1.76. The molecule has 0 heterocycles. The first-order valence-corrected chi connectivity index (χ1v) is 7.00. The summed E-state index contributed by atoms with van der Waals surface area (Å²) in [6, 6.07) is 5.72. The molecule has 5 heteroatoms. The third-order valence-electron chi connectivity index (χ3n) is 2.73. The van der Waals surface area contributed by atoms with Crippen molar-refractivity contribution < 1.29 is 22.3 Å². The van der Waals surface area contributed by atoms with Gasteiger partial charge in [0.25, 0.3) is 0 Å². The van der Waals surface area contributed by atoms with Crippen molar-refractivity contribution in [1.82, 2.24) is 5.32 Å². The number of hydrogen-bond donors (Lipinski definition) is 2. The zero-order chi connectivity index (χ0) is 14.5. The van der Waals surface area contributed by atoms with Gasteiger partial charge in [-0.3, -0.25) is 0 Å². The number of benzene rings is 1. The van der Waals surface area contributed by atoms with Crippen molar-refractivity contribution in [3.8, 4) is 5.75 Å². The van der Waals surface area contributed by atoms with Crippen molar-refractivity contribution in [2.45, 2.75) is 39.2 Å². The summed E-state index contributed by atoms with van der Waals surface area (Å²) < 4.78 is 5.80. The maximum absolute atomic E-state index is 9.13. The highest BCUT2D eigenvalue weighted by Crippen LogP contribution is 2.33. The predicted molar refractivity (Wildman–Crippen MR) is 80.2 cm³/mol. The molecule has 20 heavy (non-hydrogen) atoms. The number of halogens is 2. The third kappa shape index (κ3) is 6.80. The van der Waals surface area contributed by atoms with Gasteiger partial charge in [-0.05, 0) is 30.5 Å². The molecule has 0 aliphatic carbocycles. The summed E-state index contributed by atoms with van der Waals surface area (Å²) in [5.74, 6) is 0.871. The van der Waals surface area contributed by atoms with E-state index in [4.69, 9.17) is 21.4 Å². The van der Waals surface area contributed by atoms with Gasteiger partial charge in [0.05, 0.1) is 6.10 Å². The molecule has 0 amide bonds. The van der Waals surface area contributed by atoms with Gasteiger partial charge in [0, 0.05) is 23.7 Å². The molecule has 1 rings (SSSR count). The molecular weight excluding hydrogens is 297 g/mol. The monoisotopic (exact) mass is 320 g/mol. The van der Waals surface area contributed by atoms with Gasteiger partial charge in [0.1, 0.15) is 12.4 Å². The average Bonchev–Trinajstić information content (AvgIpc) is 2.28. The quantitative estimate of drug-likeness (QED) is 0.724. The second-order valence-corrected chi connectivity index (χ2v) is 6.23. The summed E-state index contributed by atoms with van der Waals surface area (Å²) in [6.07, 6.45) is -0.333. The maximum atomic E-state index is 9.13. The van der Waals surface area contributed by atoms with E-state index < -0.39 is 0 Å². The lowest BCUT2D eigenvalue weighted by molar-refractivity contribution is -0.00000716. The number of nitrogens with one attached hydrogen (secondary N) is 1. The van der Waals surface area contributed by atoms with Crippen LogP contribution in [0.2, 0.25) is 5.02 Å². The van der Waals surface area contributed by atoms with E-state index in [1.807, 2.05) is 18.2 Å². The molecule has 0 saturated carbocycles. The Kier molecular flexibility index (Phi) is 8.52. The Labute approximate surface area is 133 Å². The highest BCUT2D eigenvalue weighted by Gasteiger charge is 2.19. The molecule has 1 aromatic carbocycles. The molecule has 0 saturated heterocycles. The highest BCUT2D eigenvalue weighted by atomic mass is 35.5. The first kappa shape index (κ1) is 19.5. The van der Waals surface area contributed by atoms with E-state index in [-0.39, 0.29) is 23.9 Å². The van der Waals surface area contributed by atoms with Crippen molar-refractivity contribution in [1.29, 1.82) is 0 Å². The van der Waals surface area contributed by atoms with Crippen LogP contribution in [0.15, 0.2) is 18.2 Å². The minimum atomic E-state index is -0.333. The Morgan fingerprint density at radius 2 is 2.00 bits per heavy atom. The molecule has 116 valence electrons. The van der Waals surface area contributed by atoms with Gasteiger partial charge in [-0.25, -0.2) is 0 Å². The van der Waals surface area contributed by atoms with Gasteiger partial charge < -0.3 is 27.6 Å². The second kappa shape index (κ2) is 8.73. The van der Waals surface area contributed by atoms with Crippen molar-refractivity contribution in [2.75, 3.05) is 19.7 Å². The molecule has 3 nitrogen and oxygen atoms in total. The van der Waals surface area contributed by atoms with Crippen LogP contribution in [0.1, 0.15) is 33.3 Å². The minimum absolute atomic E-state index is 0. The maximum Gasteiger partial charge on any atom is 0.123 e. The SMILES string of the molecule is CC(O)CNCCOc1ccc(Cl)cc1C(C)(C)C.[Cl-]. The number of hydrogen-bond acceptors (Lipinski definition) is 3. The zero-order valence-electron chi connectivity index (χ0n) is 12.5. The first-order valence-electron chi connectivity index (χ1n) is 6.62. The van der Waals surface area contributed by atoms with Crippen LogP contribution in [-0.4, -0.2) is 30.9 Å². The van der Waals surface area contributed by atoms with E-state index in [1.54, 1.807) is 6.92 Å². The number of aliphatic hydroxyl groups excluding tert-OH is 1. The Bertz CT molecular complexity index is 403. The zero-order valence-corrected chi connectivity index (χ0v) is 14.1. The standard InChI is InChI=1S/C15H24ClNO2.ClH/c1-11(18)10-17-7-8-19-14-6-5-12(16)9-13(14)15(2,3)4;/h5-6,9,11,17-18H,7-8,10H2,1-4H3;1H/p-1. The summed E-state index contributed by atoms with van der Waals surface area (Å²) >= 11 is 6.05. The Morgan fingerprint density at radius 1 is 1.35 bits per heavy atom. The van der Waals surface area contributed by atoms with Gasteiger partial charge in [0.2, 0.25) is 0 Å². The summed E-state index contributed by atoms with van der Waals surface area (Å²) in [7, 11) is 0. The van der Waals surface area contributed by atoms with E-state index in [0.29, 0.717) is 19.7 Å². The third-order valence-corrected chi connectivity index (χ3v) is 2.96. The second-order valence-electron chi connectivity index (χ2n) is 5.79. The van der Waals surface area contributed by atoms with E-state index >= 15 is 0 Å². The van der Waals surface area contributed by atoms with Gasteiger partial charge >= 0.3 is 0 Å². The van der Waals surface area contributed by atoms with Crippen molar-refractivity contribution in [3.63, 3.8) is 0 Å². The van der Waals surface area contributed by atoms with E-state index in [2.05, 4.69) is 26.1 Å². The van der Waals surface area contributed by atoms with Crippen molar-refractivity contribution in [2.24, 2.45) is 0 Å². The topological polar surface area (TPSA) is 41.5 Å². The summed E-state index contributed by atoms with van der Waals surface area (Å²) in [6.45, 7) is 10.0. The number of rotatable bonds is 6. The normalized spacial score (nSPS) is 12.7. The Hall–Kier alpha value is -0.480. The fourth-order valence-corrected chi connectivity index (χ4v) is 1.93. The molecule has 0 fully saturated rings. The molecular formula is C15H24Cl2NO2-. The largest absolute Gasteiger partial charge is 1.00 e. The van der Waals surface area contributed by atoms with E-state index in [1.165, 1.54) is 0 Å². The minimum Gasteiger partial charge on any atom is -1.00 e. The summed E-state index contributed by atoms with van der Waals surface area (Å²) in [5, 5.41) is 13.0. The fraction of sp³-hybridized carbons (Fsp3) is 0.600. The summed E-state index contributed by atoms with van der Waals surface area (Å²) in [5.41, 5.74) is 1.10. The molecule has 1 aromatic rings. The van der Waals surface area contributed by atoms with Crippen LogP contribution >= 0.6 is 11.6 Å². The smallest absolute Gasteiger partial charge is 0.123 e. The van der Waals surface area contributed by atoms with Crippen molar-refractivity contribution in [3.05, 3.63) is 28.8 Å². The summed E-state index contributed by atoms with van der Waals surface area (Å²) in [4.78, 5) is 0. The molecule has 0 spiro atoms. The van der Waals surface area contributed by atoms with E-state index in [9.17, 15) is 0 Å². The highest BCUT2D eigenvalue weighted by molar-refractivity contribution is 6.30. The molecule has 0 aliphatic rings. The first-order chi connectivity index (χ1) is 8.80. The lowest BCUT2D eigenvalue weighted by Gasteiger charge is -2.23. The Morgan fingerprint density at radius 3 is 2.55 bits per heavy atom. The number of aliphatic hydroxyl groups is 1. The molecule has 0 radical (unpaired) electrons. The van der Waals surface area contributed by atoms with Crippen LogP contribution in [0.5, 0.6) is 5.75 Å². The van der Waals surface area contributed by atoms with Gasteiger partial charge in [-0.1, -0.05) is 32.4 Å². The van der Waals surface area contributed by atoms with Crippen LogP contribution in [0.3, 0.4) is 0 Å². The Balaban J connectivity index is 0.00000361. The molecule has 1 atom stereocenters. The average molecular weight is 321 g/mol. The molecule has 0 bridgehead atoms. The van der Waals surface area contributed by atoms with Crippen LogP contribution in [0.4, 0.5) is 0 Å². The number of ether oxygens (including phenoxy) is 1. The van der Waals surface area contributed by atoms with Crippen LogP contribution in [-0.2, 0) is 5.41 Å². The molecule has 0 aromatic heterocycles. The van der Waals surface area contributed by atoms with Crippen LogP contribution < -0.4 is 22.5 Å². The predicted octanol–water partition coefficient (Wildman–Crippen LogP) is -0.00930. The van der Waals surface area contributed by atoms with Crippen molar-refractivity contribution >= 4 is 11.6 Å². The molecule has 2 N–H and O–H groups in total.